The quantitative estimate of drug-likeness (QED) is 0.487. The zero-order chi connectivity index (χ0) is 22.6. The highest BCUT2D eigenvalue weighted by atomic mass is 32.2. The van der Waals surface area contributed by atoms with Crippen molar-refractivity contribution >= 4 is 17.9 Å². The summed E-state index contributed by atoms with van der Waals surface area (Å²) < 4.78 is 31.4. The van der Waals surface area contributed by atoms with Crippen molar-refractivity contribution in [1.82, 2.24) is 9.62 Å². The number of hydrogen-bond acceptors (Lipinski definition) is 5. The van der Waals surface area contributed by atoms with Gasteiger partial charge in [0, 0.05) is 30.5 Å². The first-order valence-electron chi connectivity index (χ1n) is 9.74. The molecular weight excluding hydrogens is 422 g/mol. The smallest absolute Gasteiger partial charge is 0.299 e. The Labute approximate surface area is 184 Å². The molecule has 31 heavy (non-hydrogen) atoms. The Kier molecular flexibility index (Phi) is 7.34. The Morgan fingerprint density at radius 3 is 2.52 bits per heavy atom. The van der Waals surface area contributed by atoms with Crippen LogP contribution in [0.2, 0.25) is 0 Å². The number of benzene rings is 2. The van der Waals surface area contributed by atoms with Gasteiger partial charge in [0.15, 0.2) is 0 Å². The normalized spacial score (nSPS) is 18.6. The molecule has 1 aliphatic heterocycles. The molecule has 0 aromatic heterocycles. The first kappa shape index (κ1) is 23.2. The molecule has 1 heterocycles. The van der Waals surface area contributed by atoms with Gasteiger partial charge in [0.1, 0.15) is 0 Å². The fourth-order valence-corrected chi connectivity index (χ4v) is 3.77. The van der Waals surface area contributed by atoms with Crippen LogP contribution in [0.5, 0.6) is 0 Å². The van der Waals surface area contributed by atoms with Crippen molar-refractivity contribution in [3.63, 3.8) is 0 Å². The maximum absolute atomic E-state index is 14.2. The molecule has 0 saturated carbocycles. The SMILES string of the molecule is CSNCc1cc(C#CC(=O)N2C[C@@H](O)[C@@H](O)C2)ccc1-c1ccccc1C(C)(F)F. The average molecular weight is 447 g/mol. The Morgan fingerprint density at radius 1 is 1.19 bits per heavy atom. The number of nitrogens with one attached hydrogen (secondary N) is 1. The Hall–Kier alpha value is -2.44. The zero-order valence-corrected chi connectivity index (χ0v) is 18.0. The summed E-state index contributed by atoms with van der Waals surface area (Å²) in [5, 5.41) is 19.2. The molecule has 0 aliphatic carbocycles. The van der Waals surface area contributed by atoms with Crippen LogP contribution in [0.1, 0.15) is 23.6 Å². The van der Waals surface area contributed by atoms with Gasteiger partial charge in [0.05, 0.1) is 25.3 Å². The van der Waals surface area contributed by atoms with Crippen LogP contribution >= 0.6 is 11.9 Å². The molecule has 1 saturated heterocycles. The number of halogens is 2. The van der Waals surface area contributed by atoms with Gasteiger partial charge in [0.25, 0.3) is 11.8 Å². The topological polar surface area (TPSA) is 72.8 Å². The van der Waals surface area contributed by atoms with Crippen molar-refractivity contribution in [1.29, 1.82) is 0 Å². The molecule has 1 fully saturated rings. The molecule has 2 atom stereocenters. The lowest BCUT2D eigenvalue weighted by Crippen LogP contribution is -2.28. The van der Waals surface area contributed by atoms with E-state index in [9.17, 15) is 23.8 Å². The van der Waals surface area contributed by atoms with Crippen molar-refractivity contribution in [2.45, 2.75) is 31.6 Å². The van der Waals surface area contributed by atoms with Crippen LogP contribution in [0.25, 0.3) is 11.1 Å². The van der Waals surface area contributed by atoms with Crippen molar-refractivity contribution in [3.05, 3.63) is 59.2 Å². The summed E-state index contributed by atoms with van der Waals surface area (Å²) >= 11 is 1.41. The zero-order valence-electron chi connectivity index (χ0n) is 17.2. The number of nitrogens with zero attached hydrogens (tertiary/aromatic N) is 1. The van der Waals surface area contributed by atoms with Gasteiger partial charge in [-0.15, -0.1) is 0 Å². The van der Waals surface area contributed by atoms with Gasteiger partial charge in [-0.25, -0.2) is 8.78 Å². The van der Waals surface area contributed by atoms with E-state index < -0.39 is 24.0 Å². The predicted molar refractivity (Wildman–Crippen MR) is 117 cm³/mol. The molecule has 0 unspecified atom stereocenters. The summed E-state index contributed by atoms with van der Waals surface area (Å²) in [5.74, 6) is 1.86. The van der Waals surface area contributed by atoms with Gasteiger partial charge in [-0.05, 0) is 35.1 Å². The predicted octanol–water partition coefficient (Wildman–Crippen LogP) is 2.75. The first-order chi connectivity index (χ1) is 14.7. The van der Waals surface area contributed by atoms with Crippen LogP contribution in [-0.4, -0.2) is 52.6 Å². The third-order valence-corrected chi connectivity index (χ3v) is 5.50. The number of aliphatic hydroxyl groups excluding tert-OH is 2. The number of hydrogen-bond donors (Lipinski definition) is 3. The number of β-amino-alcohol motifs (C(OH)–C–C–N with tert-alkyl or cyclic N) is 2. The Balaban J connectivity index is 1.93. The number of carbonyl (C=O) groups is 1. The van der Waals surface area contributed by atoms with Gasteiger partial charge < -0.3 is 15.1 Å². The van der Waals surface area contributed by atoms with Crippen LogP contribution in [0.4, 0.5) is 8.78 Å². The molecule has 2 aromatic carbocycles. The highest BCUT2D eigenvalue weighted by molar-refractivity contribution is 7.96. The molecule has 3 N–H and O–H groups in total. The molecule has 0 spiro atoms. The standard InChI is InChI=1S/C23H24F2N2O3S/c1-23(24,25)19-6-4-3-5-18(19)17-9-7-15(11-16(17)12-26-31-2)8-10-22(30)27-13-20(28)21(29)14-27/h3-7,9,11,20-21,26,28-29H,12-14H2,1-2H3/t20-,21+. The minimum atomic E-state index is -2.99. The lowest BCUT2D eigenvalue weighted by Gasteiger charge is -2.18. The van der Waals surface area contributed by atoms with Crippen LogP contribution < -0.4 is 4.72 Å². The van der Waals surface area contributed by atoms with Crippen LogP contribution in [-0.2, 0) is 17.3 Å². The largest absolute Gasteiger partial charge is 0.388 e. The molecular formula is C23H24F2N2O3S. The van der Waals surface area contributed by atoms with Crippen molar-refractivity contribution < 1.29 is 23.8 Å². The van der Waals surface area contributed by atoms with Gasteiger partial charge >= 0.3 is 0 Å². The summed E-state index contributed by atoms with van der Waals surface area (Å²) in [7, 11) is 0. The van der Waals surface area contributed by atoms with Crippen molar-refractivity contribution in [2.24, 2.45) is 0 Å². The second-order valence-electron chi connectivity index (χ2n) is 7.43. The van der Waals surface area contributed by atoms with Crippen LogP contribution in [0.3, 0.4) is 0 Å². The second-order valence-corrected chi connectivity index (χ2v) is 8.12. The van der Waals surface area contributed by atoms with Gasteiger partial charge in [-0.1, -0.05) is 48.2 Å². The third kappa shape index (κ3) is 5.63. The van der Waals surface area contributed by atoms with Gasteiger partial charge in [-0.2, -0.15) is 0 Å². The van der Waals surface area contributed by atoms with Crippen molar-refractivity contribution in [3.8, 4) is 23.0 Å². The summed E-state index contributed by atoms with van der Waals surface area (Å²) in [6, 6.07) is 11.6. The highest BCUT2D eigenvalue weighted by Gasteiger charge is 2.32. The molecule has 8 heteroatoms. The first-order valence-corrected chi connectivity index (χ1v) is 11.0. The molecule has 164 valence electrons. The lowest BCUT2D eigenvalue weighted by atomic mass is 9.92. The number of aliphatic hydroxyl groups is 2. The van der Waals surface area contributed by atoms with Gasteiger partial charge in [-0.3, -0.25) is 9.52 Å². The minimum Gasteiger partial charge on any atom is -0.388 e. The molecule has 1 amide bonds. The summed E-state index contributed by atoms with van der Waals surface area (Å²) in [4.78, 5) is 13.5. The van der Waals surface area contributed by atoms with E-state index in [-0.39, 0.29) is 18.7 Å². The van der Waals surface area contributed by atoms with E-state index in [0.717, 1.165) is 12.5 Å². The number of alkyl halides is 2. The van der Waals surface area contributed by atoms with E-state index >= 15 is 0 Å². The molecule has 2 aromatic rings. The fraction of sp³-hybridized carbons (Fsp3) is 0.348. The lowest BCUT2D eigenvalue weighted by molar-refractivity contribution is -0.124. The molecule has 1 aliphatic rings. The van der Waals surface area contributed by atoms with Crippen LogP contribution in [0.15, 0.2) is 42.5 Å². The maximum Gasteiger partial charge on any atom is 0.299 e. The Morgan fingerprint density at radius 2 is 1.87 bits per heavy atom. The van der Waals surface area contributed by atoms with E-state index in [1.54, 1.807) is 36.4 Å². The summed E-state index contributed by atoms with van der Waals surface area (Å²) in [6.45, 7) is 1.38. The number of rotatable bonds is 5. The minimum absolute atomic E-state index is 0.0402. The van der Waals surface area contributed by atoms with E-state index in [1.807, 2.05) is 6.26 Å². The molecule has 0 bridgehead atoms. The monoisotopic (exact) mass is 446 g/mol. The number of amides is 1. The van der Waals surface area contributed by atoms with Crippen molar-refractivity contribution in [2.75, 3.05) is 19.3 Å². The third-order valence-electron chi connectivity index (χ3n) is 5.06. The van der Waals surface area contributed by atoms with E-state index in [1.165, 1.54) is 22.9 Å². The molecule has 3 rings (SSSR count). The average Bonchev–Trinajstić information content (AvgIpc) is 3.08. The van der Waals surface area contributed by atoms with E-state index in [0.29, 0.717) is 23.2 Å². The van der Waals surface area contributed by atoms with E-state index in [4.69, 9.17) is 0 Å². The Bertz CT molecular complexity index is 1000. The molecule has 5 nitrogen and oxygen atoms in total. The second kappa shape index (κ2) is 9.79. The van der Waals surface area contributed by atoms with Crippen LogP contribution in [0, 0.1) is 11.8 Å². The summed E-state index contributed by atoms with van der Waals surface area (Å²) in [5.41, 5.74) is 2.40. The number of carbonyl (C=O) groups excluding carboxylic acids is 1. The highest BCUT2D eigenvalue weighted by Crippen LogP contribution is 2.37. The fourth-order valence-electron chi connectivity index (χ4n) is 3.47. The summed E-state index contributed by atoms with van der Waals surface area (Å²) in [6.07, 6.45) is -0.0632. The van der Waals surface area contributed by atoms with E-state index in [2.05, 4.69) is 16.6 Å². The van der Waals surface area contributed by atoms with Gasteiger partial charge in [0.2, 0.25) is 0 Å². The maximum atomic E-state index is 14.2. The number of likely N-dealkylation sites (tertiary alicyclic amines) is 1. The molecule has 0 radical (unpaired) electrons.